The Hall–Kier alpha value is -2.27. The van der Waals surface area contributed by atoms with Crippen LogP contribution in [-0.2, 0) is 0 Å². The van der Waals surface area contributed by atoms with Crippen molar-refractivity contribution >= 4 is 38.1 Å². The zero-order chi connectivity index (χ0) is 15.5. The van der Waals surface area contributed by atoms with Crippen LogP contribution in [0, 0.1) is 6.92 Å². The van der Waals surface area contributed by atoms with Gasteiger partial charge >= 0.3 is 0 Å². The highest BCUT2D eigenvalue weighted by Crippen LogP contribution is 2.31. The molecule has 0 fully saturated rings. The van der Waals surface area contributed by atoms with Gasteiger partial charge in [0, 0.05) is 19.3 Å². The summed E-state index contributed by atoms with van der Waals surface area (Å²) in [5, 5.41) is 9.24. The fourth-order valence-corrected chi connectivity index (χ4v) is 3.04. The van der Waals surface area contributed by atoms with Crippen LogP contribution in [0.25, 0.3) is 10.2 Å². The zero-order valence-electron chi connectivity index (χ0n) is 12.9. The molecule has 5 heteroatoms. The average molecular weight is 310 g/mol. The number of thiazole rings is 1. The second kappa shape index (κ2) is 6.23. The Morgan fingerprint density at radius 1 is 1.09 bits per heavy atom. The van der Waals surface area contributed by atoms with Gasteiger partial charge in [0.15, 0.2) is 0 Å². The van der Waals surface area contributed by atoms with Crippen molar-refractivity contribution in [3.63, 3.8) is 0 Å². The van der Waals surface area contributed by atoms with Gasteiger partial charge in [-0.25, -0.2) is 4.98 Å². The molecule has 112 valence electrons. The SMILES string of the molecule is CCN(C)c1ccc(N=Nc2nc3c(C)cccc3s2)cc1. The maximum atomic E-state index is 4.54. The topological polar surface area (TPSA) is 40.9 Å². The van der Waals surface area contributed by atoms with E-state index in [4.69, 9.17) is 0 Å². The number of rotatable bonds is 4. The van der Waals surface area contributed by atoms with Gasteiger partial charge in [0.1, 0.15) is 0 Å². The summed E-state index contributed by atoms with van der Waals surface area (Å²) in [6.07, 6.45) is 0. The molecule has 0 N–H and O–H groups in total. The molecule has 0 bridgehead atoms. The Labute approximate surface area is 134 Å². The largest absolute Gasteiger partial charge is 0.375 e. The average Bonchev–Trinajstić information content (AvgIpc) is 2.97. The number of fused-ring (bicyclic) bond motifs is 1. The van der Waals surface area contributed by atoms with Crippen LogP contribution in [0.2, 0.25) is 0 Å². The van der Waals surface area contributed by atoms with Gasteiger partial charge in [0.2, 0.25) is 5.13 Å². The van der Waals surface area contributed by atoms with Gasteiger partial charge in [-0.1, -0.05) is 23.5 Å². The summed E-state index contributed by atoms with van der Waals surface area (Å²) in [6, 6.07) is 14.2. The molecular formula is C17H18N4S. The number of benzene rings is 2. The summed E-state index contributed by atoms with van der Waals surface area (Å²) < 4.78 is 1.15. The van der Waals surface area contributed by atoms with Crippen LogP contribution < -0.4 is 4.90 Å². The number of para-hydroxylation sites is 1. The number of hydrogen-bond acceptors (Lipinski definition) is 5. The van der Waals surface area contributed by atoms with E-state index in [2.05, 4.69) is 65.3 Å². The minimum Gasteiger partial charge on any atom is -0.375 e. The molecule has 3 rings (SSSR count). The first-order chi connectivity index (χ1) is 10.7. The van der Waals surface area contributed by atoms with E-state index in [-0.39, 0.29) is 0 Å². The molecule has 0 aliphatic carbocycles. The molecule has 1 aromatic heterocycles. The highest BCUT2D eigenvalue weighted by molar-refractivity contribution is 7.21. The van der Waals surface area contributed by atoms with Crippen LogP contribution in [0.15, 0.2) is 52.7 Å². The first-order valence-corrected chi connectivity index (χ1v) is 8.08. The van der Waals surface area contributed by atoms with Crippen molar-refractivity contribution in [3.05, 3.63) is 48.0 Å². The molecule has 0 aliphatic heterocycles. The monoisotopic (exact) mass is 310 g/mol. The van der Waals surface area contributed by atoms with Crippen molar-refractivity contribution in [3.8, 4) is 0 Å². The predicted octanol–water partition coefficient (Wildman–Crippen LogP) is 5.48. The lowest BCUT2D eigenvalue weighted by atomic mass is 10.2. The maximum absolute atomic E-state index is 4.54. The van der Waals surface area contributed by atoms with Crippen LogP contribution in [0.5, 0.6) is 0 Å². The van der Waals surface area contributed by atoms with E-state index in [1.54, 1.807) is 11.3 Å². The molecule has 0 saturated heterocycles. The minimum atomic E-state index is 0.694. The molecule has 0 unspecified atom stereocenters. The van der Waals surface area contributed by atoms with Gasteiger partial charge in [0.25, 0.3) is 0 Å². The molecule has 1 heterocycles. The molecule has 3 aromatic rings. The number of aromatic nitrogens is 1. The minimum absolute atomic E-state index is 0.694. The van der Waals surface area contributed by atoms with Gasteiger partial charge in [-0.2, -0.15) is 0 Å². The van der Waals surface area contributed by atoms with E-state index in [0.717, 1.165) is 22.4 Å². The van der Waals surface area contributed by atoms with Crippen LogP contribution in [0.1, 0.15) is 12.5 Å². The predicted molar refractivity (Wildman–Crippen MR) is 93.9 cm³/mol. The third kappa shape index (κ3) is 2.99. The summed E-state index contributed by atoms with van der Waals surface area (Å²) in [6.45, 7) is 5.17. The molecule has 0 spiro atoms. The summed E-state index contributed by atoms with van der Waals surface area (Å²) in [4.78, 5) is 6.71. The Bertz CT molecular complexity index is 805. The van der Waals surface area contributed by atoms with Crippen molar-refractivity contribution in [2.75, 3.05) is 18.5 Å². The smallest absolute Gasteiger partial charge is 0.231 e. The molecule has 0 saturated carbocycles. The maximum Gasteiger partial charge on any atom is 0.231 e. The zero-order valence-corrected chi connectivity index (χ0v) is 13.8. The van der Waals surface area contributed by atoms with E-state index in [1.165, 1.54) is 11.3 Å². The second-order valence-corrected chi connectivity index (χ2v) is 6.16. The van der Waals surface area contributed by atoms with Crippen LogP contribution >= 0.6 is 11.3 Å². The first kappa shape index (κ1) is 14.7. The molecule has 2 aromatic carbocycles. The quantitative estimate of drug-likeness (QED) is 0.599. The lowest BCUT2D eigenvalue weighted by molar-refractivity contribution is 0.968. The summed E-state index contributed by atoms with van der Waals surface area (Å²) in [5.41, 5.74) is 4.20. The van der Waals surface area contributed by atoms with Crippen molar-refractivity contribution in [2.24, 2.45) is 10.2 Å². The van der Waals surface area contributed by atoms with Crippen molar-refractivity contribution in [1.82, 2.24) is 4.98 Å². The molecule has 22 heavy (non-hydrogen) atoms. The van der Waals surface area contributed by atoms with Crippen molar-refractivity contribution in [2.45, 2.75) is 13.8 Å². The normalized spacial score (nSPS) is 11.4. The fraction of sp³-hybridized carbons (Fsp3) is 0.235. The number of anilines is 1. The Balaban J connectivity index is 1.82. The molecule has 4 nitrogen and oxygen atoms in total. The Morgan fingerprint density at radius 2 is 1.86 bits per heavy atom. The van der Waals surface area contributed by atoms with E-state index < -0.39 is 0 Å². The lowest BCUT2D eigenvalue weighted by Gasteiger charge is -2.16. The Kier molecular flexibility index (Phi) is 4.15. The fourth-order valence-electron chi connectivity index (χ4n) is 2.17. The lowest BCUT2D eigenvalue weighted by Crippen LogP contribution is -2.15. The highest BCUT2D eigenvalue weighted by atomic mass is 32.1. The standard InChI is InChI=1S/C17H18N4S/c1-4-21(3)14-10-8-13(9-11-14)19-20-17-18-16-12(2)6-5-7-15(16)22-17/h5-11H,4H2,1-3H3. The number of hydrogen-bond donors (Lipinski definition) is 0. The van der Waals surface area contributed by atoms with Gasteiger partial charge in [-0.05, 0) is 49.7 Å². The summed E-state index contributed by atoms with van der Waals surface area (Å²) >= 11 is 1.56. The highest BCUT2D eigenvalue weighted by Gasteiger charge is 2.04. The van der Waals surface area contributed by atoms with Crippen LogP contribution in [0.3, 0.4) is 0 Å². The third-order valence-electron chi connectivity index (χ3n) is 3.63. The first-order valence-electron chi connectivity index (χ1n) is 7.26. The van der Waals surface area contributed by atoms with Crippen molar-refractivity contribution in [1.29, 1.82) is 0 Å². The number of azo groups is 1. The molecular weight excluding hydrogens is 292 g/mol. The van der Waals surface area contributed by atoms with E-state index >= 15 is 0 Å². The molecule has 0 atom stereocenters. The number of nitrogens with zero attached hydrogens (tertiary/aromatic N) is 4. The number of aryl methyl sites for hydroxylation is 1. The van der Waals surface area contributed by atoms with E-state index in [9.17, 15) is 0 Å². The van der Waals surface area contributed by atoms with Crippen LogP contribution in [-0.4, -0.2) is 18.6 Å². The second-order valence-electron chi connectivity index (χ2n) is 5.15. The van der Waals surface area contributed by atoms with Gasteiger partial charge in [-0.15, -0.1) is 10.2 Å². The van der Waals surface area contributed by atoms with Gasteiger partial charge < -0.3 is 4.90 Å². The molecule has 0 amide bonds. The van der Waals surface area contributed by atoms with Crippen molar-refractivity contribution < 1.29 is 0 Å². The van der Waals surface area contributed by atoms with E-state index in [0.29, 0.717) is 5.13 Å². The van der Waals surface area contributed by atoms with E-state index in [1.807, 2.05) is 18.2 Å². The third-order valence-corrected chi connectivity index (χ3v) is 4.53. The summed E-state index contributed by atoms with van der Waals surface area (Å²) in [7, 11) is 2.07. The Morgan fingerprint density at radius 3 is 2.55 bits per heavy atom. The summed E-state index contributed by atoms with van der Waals surface area (Å²) in [5.74, 6) is 0. The van der Waals surface area contributed by atoms with Gasteiger partial charge in [0.05, 0.1) is 15.9 Å². The van der Waals surface area contributed by atoms with Gasteiger partial charge in [-0.3, -0.25) is 0 Å². The molecule has 0 radical (unpaired) electrons. The molecule has 0 aliphatic rings. The van der Waals surface area contributed by atoms with Crippen LogP contribution in [0.4, 0.5) is 16.5 Å².